The van der Waals surface area contributed by atoms with Crippen molar-refractivity contribution in [2.45, 2.75) is 30.7 Å². The van der Waals surface area contributed by atoms with Crippen LogP contribution in [-0.4, -0.2) is 51.1 Å². The Kier molecular flexibility index (Phi) is 6.35. The lowest BCUT2D eigenvalue weighted by atomic mass is 10.2. The smallest absolute Gasteiger partial charge is 0.213 e. The Balaban J connectivity index is 1.45. The fourth-order valence-electron chi connectivity index (χ4n) is 3.14. The summed E-state index contributed by atoms with van der Waals surface area (Å²) in [5.41, 5.74) is 13.6. The molecule has 0 amide bonds. The summed E-state index contributed by atoms with van der Waals surface area (Å²) in [6.07, 6.45) is 3.06. The summed E-state index contributed by atoms with van der Waals surface area (Å²) < 4.78 is 5.84. The van der Waals surface area contributed by atoms with E-state index in [-0.39, 0.29) is 5.25 Å². The van der Waals surface area contributed by atoms with E-state index in [2.05, 4.69) is 33.7 Å². The van der Waals surface area contributed by atoms with Crippen molar-refractivity contribution >= 4 is 34.7 Å². The molecule has 3 aromatic rings. The van der Waals surface area contributed by atoms with Crippen molar-refractivity contribution in [2.24, 2.45) is 0 Å². The van der Waals surface area contributed by atoms with Gasteiger partial charge in [-0.3, -0.25) is 4.90 Å². The van der Waals surface area contributed by atoms with Gasteiger partial charge < -0.3 is 16.2 Å². The SMILES string of the molecule is Cc1sc(-c2ccnc(OCCN3CCC3)c2)nc1[C@@H](C)Sc1nc(N)cc(N)n1. The highest BCUT2D eigenvalue weighted by Crippen LogP contribution is 2.38. The molecule has 3 aromatic heterocycles. The largest absolute Gasteiger partial charge is 0.476 e. The molecule has 1 fully saturated rings. The number of aryl methyl sites for hydroxylation is 1. The molecule has 158 valence electrons. The third kappa shape index (κ3) is 5.00. The van der Waals surface area contributed by atoms with E-state index >= 15 is 0 Å². The molecule has 1 aliphatic heterocycles. The van der Waals surface area contributed by atoms with Crippen LogP contribution in [0.3, 0.4) is 0 Å². The number of aromatic nitrogens is 4. The van der Waals surface area contributed by atoms with Crippen LogP contribution in [0.1, 0.15) is 29.2 Å². The van der Waals surface area contributed by atoms with Gasteiger partial charge in [0.2, 0.25) is 5.88 Å². The molecule has 1 atom stereocenters. The highest BCUT2D eigenvalue weighted by molar-refractivity contribution is 7.99. The number of nitrogens with two attached hydrogens (primary N) is 2. The predicted molar refractivity (Wildman–Crippen MR) is 122 cm³/mol. The molecule has 8 nitrogen and oxygen atoms in total. The van der Waals surface area contributed by atoms with Gasteiger partial charge in [-0.15, -0.1) is 11.3 Å². The van der Waals surface area contributed by atoms with Gasteiger partial charge in [-0.25, -0.2) is 19.9 Å². The molecule has 0 bridgehead atoms. The number of rotatable bonds is 8. The molecule has 4 rings (SSSR count). The van der Waals surface area contributed by atoms with Crippen LogP contribution in [0.25, 0.3) is 10.6 Å². The van der Waals surface area contributed by atoms with Gasteiger partial charge in [-0.05, 0) is 39.4 Å². The van der Waals surface area contributed by atoms with Gasteiger partial charge in [0.25, 0.3) is 0 Å². The lowest BCUT2D eigenvalue weighted by Crippen LogP contribution is -2.39. The Labute approximate surface area is 184 Å². The standard InChI is InChI=1S/C20H25N7OS2/c1-12-18(13(2)30-20-24-15(21)11-16(22)25-20)26-19(29-12)14-4-5-23-17(10-14)28-9-8-27-6-3-7-27/h4-5,10-11,13H,3,6-9H2,1-2H3,(H4,21,22,24,25)/t13-/m1/s1. The van der Waals surface area contributed by atoms with Crippen LogP contribution >= 0.6 is 23.1 Å². The van der Waals surface area contributed by atoms with E-state index in [4.69, 9.17) is 21.2 Å². The lowest BCUT2D eigenvalue weighted by Gasteiger charge is -2.30. The fourth-order valence-corrected chi connectivity index (χ4v) is 5.20. The van der Waals surface area contributed by atoms with Crippen molar-refractivity contribution in [3.8, 4) is 16.5 Å². The monoisotopic (exact) mass is 443 g/mol. The third-order valence-electron chi connectivity index (χ3n) is 4.83. The Hall–Kier alpha value is -2.43. The molecule has 10 heteroatoms. The quantitative estimate of drug-likeness (QED) is 0.399. The van der Waals surface area contributed by atoms with E-state index in [0.29, 0.717) is 29.3 Å². The molecule has 0 radical (unpaired) electrons. The molecular formula is C20H25N7OS2. The number of ether oxygens (including phenoxy) is 1. The van der Waals surface area contributed by atoms with Gasteiger partial charge in [-0.1, -0.05) is 11.8 Å². The molecule has 30 heavy (non-hydrogen) atoms. The molecule has 0 aliphatic carbocycles. The first-order chi connectivity index (χ1) is 14.5. The summed E-state index contributed by atoms with van der Waals surface area (Å²) in [6.45, 7) is 8.08. The molecular weight excluding hydrogens is 418 g/mol. The summed E-state index contributed by atoms with van der Waals surface area (Å²) in [6, 6.07) is 5.47. The molecule has 0 spiro atoms. The Morgan fingerprint density at radius 1 is 1.20 bits per heavy atom. The van der Waals surface area contributed by atoms with E-state index < -0.39 is 0 Å². The Bertz CT molecular complexity index is 1000. The van der Waals surface area contributed by atoms with Crippen molar-refractivity contribution in [1.29, 1.82) is 0 Å². The van der Waals surface area contributed by atoms with E-state index in [0.717, 1.165) is 27.7 Å². The van der Waals surface area contributed by atoms with Gasteiger partial charge >= 0.3 is 0 Å². The number of likely N-dealkylation sites (tertiary alicyclic amines) is 1. The highest BCUT2D eigenvalue weighted by atomic mass is 32.2. The normalized spacial score (nSPS) is 15.0. The van der Waals surface area contributed by atoms with Crippen LogP contribution in [-0.2, 0) is 0 Å². The number of hydrogen-bond donors (Lipinski definition) is 2. The molecule has 0 unspecified atom stereocenters. The average Bonchev–Trinajstić information content (AvgIpc) is 3.05. The van der Waals surface area contributed by atoms with Gasteiger partial charge in [-0.2, -0.15) is 0 Å². The maximum absolute atomic E-state index is 5.84. The molecule has 0 aromatic carbocycles. The summed E-state index contributed by atoms with van der Waals surface area (Å²) in [5, 5.41) is 1.55. The molecule has 1 aliphatic rings. The predicted octanol–water partition coefficient (Wildman–Crippen LogP) is 3.41. The van der Waals surface area contributed by atoms with Crippen molar-refractivity contribution in [2.75, 3.05) is 37.7 Å². The van der Waals surface area contributed by atoms with Crippen molar-refractivity contribution in [3.05, 3.63) is 35.0 Å². The van der Waals surface area contributed by atoms with Crippen LogP contribution < -0.4 is 16.2 Å². The first-order valence-corrected chi connectivity index (χ1v) is 11.5. The summed E-state index contributed by atoms with van der Waals surface area (Å²) in [5.74, 6) is 1.37. The summed E-state index contributed by atoms with van der Waals surface area (Å²) in [4.78, 5) is 21.2. The highest BCUT2D eigenvalue weighted by Gasteiger charge is 2.19. The molecule has 0 saturated carbocycles. The number of pyridine rings is 1. The van der Waals surface area contributed by atoms with E-state index in [9.17, 15) is 0 Å². The van der Waals surface area contributed by atoms with Gasteiger partial charge in [0.05, 0.1) is 10.9 Å². The Morgan fingerprint density at radius 3 is 2.67 bits per heavy atom. The maximum Gasteiger partial charge on any atom is 0.213 e. The van der Waals surface area contributed by atoms with E-state index in [1.54, 1.807) is 23.6 Å². The van der Waals surface area contributed by atoms with Crippen molar-refractivity contribution in [3.63, 3.8) is 0 Å². The fraction of sp³-hybridized carbons (Fsp3) is 0.400. The minimum atomic E-state index is 0.0604. The lowest BCUT2D eigenvalue weighted by molar-refractivity contribution is 0.145. The minimum absolute atomic E-state index is 0.0604. The first-order valence-electron chi connectivity index (χ1n) is 9.83. The average molecular weight is 444 g/mol. The number of nitrogen functional groups attached to an aromatic ring is 2. The van der Waals surface area contributed by atoms with Gasteiger partial charge in [0.15, 0.2) is 5.16 Å². The topological polar surface area (TPSA) is 116 Å². The van der Waals surface area contributed by atoms with Crippen LogP contribution in [0, 0.1) is 6.92 Å². The number of thioether (sulfide) groups is 1. The summed E-state index contributed by atoms with van der Waals surface area (Å²) >= 11 is 3.15. The van der Waals surface area contributed by atoms with Gasteiger partial charge in [0.1, 0.15) is 23.3 Å². The van der Waals surface area contributed by atoms with E-state index in [1.807, 2.05) is 12.1 Å². The summed E-state index contributed by atoms with van der Waals surface area (Å²) in [7, 11) is 0. The van der Waals surface area contributed by atoms with Crippen LogP contribution in [0.2, 0.25) is 0 Å². The number of anilines is 2. The minimum Gasteiger partial charge on any atom is -0.476 e. The zero-order valence-electron chi connectivity index (χ0n) is 17.0. The molecule has 4 N–H and O–H groups in total. The number of thiazole rings is 1. The maximum atomic E-state index is 5.84. The molecule has 1 saturated heterocycles. The zero-order chi connectivity index (χ0) is 21.1. The first kappa shape index (κ1) is 20.8. The van der Waals surface area contributed by atoms with Crippen LogP contribution in [0.5, 0.6) is 5.88 Å². The van der Waals surface area contributed by atoms with Crippen molar-refractivity contribution < 1.29 is 4.74 Å². The van der Waals surface area contributed by atoms with Crippen molar-refractivity contribution in [1.82, 2.24) is 24.8 Å². The number of hydrogen-bond acceptors (Lipinski definition) is 10. The van der Waals surface area contributed by atoms with Crippen LogP contribution in [0.4, 0.5) is 11.6 Å². The Morgan fingerprint density at radius 2 is 1.97 bits per heavy atom. The second kappa shape index (κ2) is 9.15. The second-order valence-corrected chi connectivity index (χ2v) is 9.66. The van der Waals surface area contributed by atoms with E-state index in [1.165, 1.54) is 31.3 Å². The number of nitrogens with zero attached hydrogens (tertiary/aromatic N) is 5. The zero-order valence-corrected chi connectivity index (χ0v) is 18.7. The second-order valence-electron chi connectivity index (χ2n) is 7.15. The van der Waals surface area contributed by atoms with Gasteiger partial charge in [0, 0.05) is 35.3 Å². The molecule has 4 heterocycles. The van der Waals surface area contributed by atoms with Crippen LogP contribution in [0.15, 0.2) is 29.6 Å². The third-order valence-corrected chi connectivity index (χ3v) is 6.84.